The van der Waals surface area contributed by atoms with Crippen molar-refractivity contribution in [3.05, 3.63) is 12.2 Å². The average molecular weight is 252 g/mol. The third kappa shape index (κ3) is 4.29. The van der Waals surface area contributed by atoms with Crippen molar-refractivity contribution in [2.75, 3.05) is 6.61 Å². The summed E-state index contributed by atoms with van der Waals surface area (Å²) in [5.74, 6) is 0.411. The number of rotatable bonds is 3. The summed E-state index contributed by atoms with van der Waals surface area (Å²) in [6.45, 7) is -0.0662. The molecule has 0 bridgehead atoms. The number of carbonyl (C=O) groups excluding carboxylic acids is 1. The zero-order valence-electron chi connectivity index (χ0n) is 9.15. The predicted octanol–water partition coefficient (Wildman–Crippen LogP) is 1.16. The standard InChI is InChI=1S/C8H11F3N4O2/c1-5(6-14-12-4-15(6)2)13-7(16)17-3-8(9,10)11/h4-5H,3H2,1-2H3,(H,13,16)/t5-/m0/s1. The number of hydrogen-bond donors (Lipinski definition) is 1. The second-order valence-electron chi connectivity index (χ2n) is 3.36. The molecule has 0 aliphatic heterocycles. The van der Waals surface area contributed by atoms with E-state index in [0.29, 0.717) is 5.82 Å². The van der Waals surface area contributed by atoms with Crippen LogP contribution in [0.5, 0.6) is 0 Å². The van der Waals surface area contributed by atoms with Gasteiger partial charge in [-0.15, -0.1) is 10.2 Å². The van der Waals surface area contributed by atoms with Crippen LogP contribution in [0.3, 0.4) is 0 Å². The van der Waals surface area contributed by atoms with Crippen molar-refractivity contribution in [3.63, 3.8) is 0 Å². The van der Waals surface area contributed by atoms with Crippen molar-refractivity contribution in [1.29, 1.82) is 0 Å². The molecule has 0 unspecified atom stereocenters. The molecule has 0 radical (unpaired) electrons. The fraction of sp³-hybridized carbons (Fsp3) is 0.625. The second-order valence-corrected chi connectivity index (χ2v) is 3.36. The Labute approximate surface area is 94.8 Å². The van der Waals surface area contributed by atoms with Crippen LogP contribution in [-0.2, 0) is 11.8 Å². The number of alkyl halides is 3. The molecule has 6 nitrogen and oxygen atoms in total. The molecule has 1 atom stereocenters. The monoisotopic (exact) mass is 252 g/mol. The highest BCUT2D eigenvalue weighted by atomic mass is 19.4. The zero-order chi connectivity index (χ0) is 13.1. The third-order valence-corrected chi connectivity index (χ3v) is 1.83. The Kier molecular flexibility index (Phi) is 3.92. The van der Waals surface area contributed by atoms with Crippen LogP contribution in [0.25, 0.3) is 0 Å². The Morgan fingerprint density at radius 2 is 2.29 bits per heavy atom. The van der Waals surface area contributed by atoms with E-state index >= 15 is 0 Å². The van der Waals surface area contributed by atoms with E-state index in [-0.39, 0.29) is 0 Å². The summed E-state index contributed by atoms with van der Waals surface area (Å²) >= 11 is 0. The van der Waals surface area contributed by atoms with Gasteiger partial charge >= 0.3 is 12.3 Å². The second kappa shape index (κ2) is 5.02. The van der Waals surface area contributed by atoms with E-state index in [2.05, 4.69) is 20.3 Å². The molecule has 17 heavy (non-hydrogen) atoms. The maximum Gasteiger partial charge on any atom is 0.422 e. The average Bonchev–Trinajstić information content (AvgIpc) is 2.60. The van der Waals surface area contributed by atoms with Crippen LogP contribution in [0.1, 0.15) is 18.8 Å². The molecule has 0 fully saturated rings. The third-order valence-electron chi connectivity index (χ3n) is 1.83. The summed E-state index contributed by atoms with van der Waals surface area (Å²) in [5, 5.41) is 9.49. The minimum atomic E-state index is -4.54. The number of aromatic nitrogens is 3. The highest BCUT2D eigenvalue weighted by molar-refractivity contribution is 5.67. The quantitative estimate of drug-likeness (QED) is 0.876. The SMILES string of the molecule is C[C@H](NC(=O)OCC(F)(F)F)c1nncn1C. The molecular weight excluding hydrogens is 241 g/mol. The lowest BCUT2D eigenvalue weighted by Crippen LogP contribution is -2.32. The van der Waals surface area contributed by atoms with Crippen LogP contribution in [-0.4, -0.2) is 33.6 Å². The van der Waals surface area contributed by atoms with Gasteiger partial charge in [-0.3, -0.25) is 0 Å². The Morgan fingerprint density at radius 3 is 2.76 bits per heavy atom. The summed E-state index contributed by atoms with van der Waals surface area (Å²) < 4.78 is 40.8. The number of hydrogen-bond acceptors (Lipinski definition) is 4. The Hall–Kier alpha value is -1.80. The molecule has 0 aliphatic rings. The fourth-order valence-electron chi connectivity index (χ4n) is 1.11. The normalized spacial score (nSPS) is 13.2. The van der Waals surface area contributed by atoms with E-state index in [4.69, 9.17) is 0 Å². The minimum Gasteiger partial charge on any atom is -0.440 e. The number of halogens is 3. The molecular formula is C8H11F3N4O2. The lowest BCUT2D eigenvalue weighted by atomic mass is 10.3. The number of amides is 1. The topological polar surface area (TPSA) is 69.0 Å². The van der Waals surface area contributed by atoms with Gasteiger partial charge in [0.05, 0.1) is 6.04 Å². The van der Waals surface area contributed by atoms with Gasteiger partial charge in [-0.1, -0.05) is 0 Å². The molecule has 1 aromatic rings. The molecule has 0 spiro atoms. The van der Waals surface area contributed by atoms with E-state index < -0.39 is 24.9 Å². The largest absolute Gasteiger partial charge is 0.440 e. The first-order valence-electron chi connectivity index (χ1n) is 4.63. The van der Waals surface area contributed by atoms with Crippen LogP contribution in [0.2, 0.25) is 0 Å². The van der Waals surface area contributed by atoms with E-state index in [1.165, 1.54) is 10.9 Å². The molecule has 1 aromatic heterocycles. The van der Waals surface area contributed by atoms with Crippen LogP contribution < -0.4 is 5.32 Å². The van der Waals surface area contributed by atoms with Gasteiger partial charge in [0.25, 0.3) is 0 Å². The molecule has 96 valence electrons. The summed E-state index contributed by atoms with van der Waals surface area (Å²) in [5.41, 5.74) is 0. The molecule has 9 heteroatoms. The number of aryl methyl sites for hydroxylation is 1. The van der Waals surface area contributed by atoms with Crippen molar-refractivity contribution < 1.29 is 22.7 Å². The molecule has 1 N–H and O–H groups in total. The summed E-state index contributed by atoms with van der Waals surface area (Å²) in [4.78, 5) is 11.0. The van der Waals surface area contributed by atoms with Crippen molar-refractivity contribution in [3.8, 4) is 0 Å². The van der Waals surface area contributed by atoms with Crippen LogP contribution in [0.15, 0.2) is 6.33 Å². The Morgan fingerprint density at radius 1 is 1.65 bits per heavy atom. The van der Waals surface area contributed by atoms with Crippen LogP contribution in [0, 0.1) is 0 Å². The van der Waals surface area contributed by atoms with Gasteiger partial charge in [-0.05, 0) is 6.92 Å². The van der Waals surface area contributed by atoms with Crippen molar-refractivity contribution in [2.24, 2.45) is 7.05 Å². The van der Waals surface area contributed by atoms with Crippen molar-refractivity contribution in [2.45, 2.75) is 19.1 Å². The van der Waals surface area contributed by atoms with Gasteiger partial charge in [0.1, 0.15) is 6.33 Å². The lowest BCUT2D eigenvalue weighted by molar-refractivity contribution is -0.160. The number of nitrogens with one attached hydrogen (secondary N) is 1. The van der Waals surface area contributed by atoms with E-state index in [1.807, 2.05) is 0 Å². The zero-order valence-corrected chi connectivity index (χ0v) is 9.15. The molecule has 0 saturated carbocycles. The lowest BCUT2D eigenvalue weighted by Gasteiger charge is -2.13. The number of alkyl carbamates (subject to hydrolysis) is 1. The maximum absolute atomic E-state index is 11.8. The molecule has 0 saturated heterocycles. The van der Waals surface area contributed by atoms with E-state index in [1.54, 1.807) is 14.0 Å². The summed E-state index contributed by atoms with van der Waals surface area (Å²) in [6, 6.07) is -0.594. The van der Waals surface area contributed by atoms with Gasteiger partial charge < -0.3 is 14.6 Å². The first kappa shape index (κ1) is 13.3. The van der Waals surface area contributed by atoms with Crippen molar-refractivity contribution in [1.82, 2.24) is 20.1 Å². The first-order chi connectivity index (χ1) is 7.79. The fourth-order valence-corrected chi connectivity index (χ4v) is 1.11. The van der Waals surface area contributed by atoms with Gasteiger partial charge in [0, 0.05) is 7.05 Å². The number of ether oxygens (including phenoxy) is 1. The predicted molar refractivity (Wildman–Crippen MR) is 50.0 cm³/mol. The Balaban J connectivity index is 2.44. The molecule has 0 aromatic carbocycles. The van der Waals surface area contributed by atoms with Gasteiger partial charge in [-0.25, -0.2) is 4.79 Å². The summed E-state index contributed by atoms with van der Waals surface area (Å²) in [7, 11) is 1.65. The first-order valence-corrected chi connectivity index (χ1v) is 4.63. The van der Waals surface area contributed by atoms with E-state index in [9.17, 15) is 18.0 Å². The molecule has 1 heterocycles. The van der Waals surface area contributed by atoms with Crippen LogP contribution in [0.4, 0.5) is 18.0 Å². The smallest absolute Gasteiger partial charge is 0.422 e. The maximum atomic E-state index is 11.8. The highest BCUT2D eigenvalue weighted by Crippen LogP contribution is 2.15. The number of carbonyl (C=O) groups is 1. The van der Waals surface area contributed by atoms with E-state index in [0.717, 1.165) is 0 Å². The van der Waals surface area contributed by atoms with Gasteiger partial charge in [0.2, 0.25) is 0 Å². The summed E-state index contributed by atoms with van der Waals surface area (Å²) in [6.07, 6.45) is -4.28. The van der Waals surface area contributed by atoms with Gasteiger partial charge in [-0.2, -0.15) is 13.2 Å². The van der Waals surface area contributed by atoms with Crippen molar-refractivity contribution >= 4 is 6.09 Å². The molecule has 1 amide bonds. The minimum absolute atomic E-state index is 0.411. The molecule has 1 rings (SSSR count). The van der Waals surface area contributed by atoms with Gasteiger partial charge in [0.15, 0.2) is 12.4 Å². The number of nitrogens with zero attached hydrogens (tertiary/aromatic N) is 3. The highest BCUT2D eigenvalue weighted by Gasteiger charge is 2.30. The molecule has 0 aliphatic carbocycles. The van der Waals surface area contributed by atoms with Crippen LogP contribution >= 0.6 is 0 Å². The Bertz CT molecular complexity index is 390.